The second-order valence-corrected chi connectivity index (χ2v) is 12.9. The Morgan fingerprint density at radius 1 is 0.878 bits per heavy atom. The maximum Gasteiger partial charge on any atom is 0.341 e. The summed E-state index contributed by atoms with van der Waals surface area (Å²) in [5, 5.41) is 18.8. The van der Waals surface area contributed by atoms with E-state index in [1.807, 2.05) is 6.07 Å². The van der Waals surface area contributed by atoms with Crippen molar-refractivity contribution < 1.29 is 61.4 Å². The van der Waals surface area contributed by atoms with Crippen LogP contribution in [0.4, 0.5) is 0 Å². The van der Waals surface area contributed by atoms with Crippen molar-refractivity contribution in [2.45, 2.75) is 49.1 Å². The van der Waals surface area contributed by atoms with Crippen molar-refractivity contribution >= 4 is 27.9 Å². The molecule has 1 saturated heterocycles. The highest BCUT2D eigenvalue weighted by atomic mass is 32.2. The number of methoxy groups -OCH3 is 4. The van der Waals surface area contributed by atoms with Crippen LogP contribution in [-0.2, 0) is 30.8 Å². The summed E-state index contributed by atoms with van der Waals surface area (Å²) in [6.45, 7) is -0.581. The van der Waals surface area contributed by atoms with Crippen molar-refractivity contribution in [2.75, 3.05) is 41.6 Å². The zero-order valence-corrected chi connectivity index (χ0v) is 28.4. The van der Waals surface area contributed by atoms with Gasteiger partial charge in [0.05, 0.1) is 33.3 Å². The predicted octanol–water partition coefficient (Wildman–Crippen LogP) is 4.34. The van der Waals surface area contributed by atoms with Crippen molar-refractivity contribution in [3.63, 3.8) is 0 Å². The zero-order chi connectivity index (χ0) is 35.7. The molecule has 2 N–H and O–H groups in total. The molecule has 0 aromatic heterocycles. The first kappa shape index (κ1) is 36.8. The Hall–Kier alpha value is -5.02. The number of benzene rings is 3. The fourth-order valence-corrected chi connectivity index (χ4v) is 7.30. The molecule has 3 aromatic rings. The normalized spacial score (nSPS) is 15.5. The van der Waals surface area contributed by atoms with E-state index in [-0.39, 0.29) is 41.5 Å². The van der Waals surface area contributed by atoms with Crippen molar-refractivity contribution in [1.82, 2.24) is 4.31 Å². The maximum absolute atomic E-state index is 14.0. The van der Waals surface area contributed by atoms with Gasteiger partial charge in [-0.1, -0.05) is 18.2 Å². The molecule has 1 fully saturated rings. The molecule has 15 heteroatoms. The summed E-state index contributed by atoms with van der Waals surface area (Å²) < 4.78 is 61.7. The van der Waals surface area contributed by atoms with Crippen LogP contribution in [0.3, 0.4) is 0 Å². The number of hydrogen-bond acceptors (Lipinski definition) is 11. The minimum absolute atomic E-state index is 0.00628. The van der Waals surface area contributed by atoms with Gasteiger partial charge in [-0.3, -0.25) is 4.79 Å². The average Bonchev–Trinajstić information content (AvgIpc) is 3.11. The number of carboxylic acid groups (broad SMARTS) is 2. The van der Waals surface area contributed by atoms with Crippen molar-refractivity contribution in [3.8, 4) is 28.7 Å². The number of esters is 1. The van der Waals surface area contributed by atoms with Gasteiger partial charge in [0.1, 0.15) is 23.5 Å². The first-order chi connectivity index (χ1) is 23.4. The number of carbonyl (C=O) groups excluding carboxylic acids is 1. The lowest BCUT2D eigenvalue weighted by molar-refractivity contribution is -0.155. The van der Waals surface area contributed by atoms with Gasteiger partial charge in [0.25, 0.3) is 0 Å². The van der Waals surface area contributed by atoms with Crippen LogP contribution in [0, 0.1) is 0 Å². The Bertz CT molecular complexity index is 1780. The second-order valence-electron chi connectivity index (χ2n) is 11.0. The molecule has 3 aromatic carbocycles. The smallest absolute Gasteiger partial charge is 0.341 e. The van der Waals surface area contributed by atoms with Crippen molar-refractivity contribution in [1.29, 1.82) is 0 Å². The molecule has 0 spiro atoms. The number of aromatic carboxylic acids is 1. The fraction of sp³-hybridized carbons (Fsp3) is 0.382. The van der Waals surface area contributed by atoms with Gasteiger partial charge >= 0.3 is 17.9 Å². The molecule has 0 bridgehead atoms. The Morgan fingerprint density at radius 2 is 1.61 bits per heavy atom. The number of piperidine rings is 1. The van der Waals surface area contributed by atoms with Gasteiger partial charge in [0.15, 0.2) is 29.6 Å². The third-order valence-electron chi connectivity index (χ3n) is 8.01. The Labute approximate surface area is 284 Å². The van der Waals surface area contributed by atoms with Gasteiger partial charge in [0, 0.05) is 12.6 Å². The van der Waals surface area contributed by atoms with Gasteiger partial charge in [-0.25, -0.2) is 18.0 Å². The van der Waals surface area contributed by atoms with E-state index in [9.17, 15) is 27.9 Å². The molecule has 0 radical (unpaired) electrons. The summed E-state index contributed by atoms with van der Waals surface area (Å²) in [6, 6.07) is 12.8. The second kappa shape index (κ2) is 16.4. The highest BCUT2D eigenvalue weighted by Gasteiger charge is 2.40. The summed E-state index contributed by atoms with van der Waals surface area (Å²) in [6.07, 6.45) is 0.970. The maximum atomic E-state index is 14.0. The van der Waals surface area contributed by atoms with E-state index in [1.54, 1.807) is 36.4 Å². The number of carbonyl (C=O) groups is 3. The van der Waals surface area contributed by atoms with E-state index in [1.165, 1.54) is 28.4 Å². The Morgan fingerprint density at radius 3 is 2.27 bits per heavy atom. The van der Waals surface area contributed by atoms with Crippen LogP contribution in [0.1, 0.15) is 53.3 Å². The molecule has 4 rings (SSSR count). The highest BCUT2D eigenvalue weighted by Crippen LogP contribution is 2.37. The number of aliphatic carboxylic acids is 1. The van der Waals surface area contributed by atoms with Crippen LogP contribution in [0.5, 0.6) is 28.7 Å². The molecule has 0 aliphatic carbocycles. The van der Waals surface area contributed by atoms with Crippen LogP contribution in [0.15, 0.2) is 59.5 Å². The lowest BCUT2D eigenvalue weighted by Gasteiger charge is -2.34. The number of ether oxygens (including phenoxy) is 6. The molecule has 2 atom stereocenters. The summed E-state index contributed by atoms with van der Waals surface area (Å²) >= 11 is 0. The molecule has 0 saturated carbocycles. The summed E-state index contributed by atoms with van der Waals surface area (Å²) in [7, 11) is 1.11. The third kappa shape index (κ3) is 8.72. The van der Waals surface area contributed by atoms with Gasteiger partial charge in [-0.15, -0.1) is 0 Å². The number of aryl methyl sites for hydroxylation is 1. The lowest BCUT2D eigenvalue weighted by Crippen LogP contribution is -2.48. The van der Waals surface area contributed by atoms with Crippen molar-refractivity contribution in [2.24, 2.45) is 0 Å². The monoisotopic (exact) mass is 701 g/mol. The molecule has 1 aliphatic heterocycles. The summed E-state index contributed by atoms with van der Waals surface area (Å²) in [5.41, 5.74) is 0.936. The van der Waals surface area contributed by atoms with E-state index >= 15 is 0 Å². The van der Waals surface area contributed by atoms with E-state index in [2.05, 4.69) is 0 Å². The molecule has 1 aliphatic rings. The van der Waals surface area contributed by atoms with Crippen LogP contribution in [-0.4, -0.2) is 88.5 Å². The minimum Gasteiger partial charge on any atom is -0.493 e. The molecule has 1 unspecified atom stereocenters. The lowest BCUT2D eigenvalue weighted by atomic mass is 10.00. The van der Waals surface area contributed by atoms with Crippen molar-refractivity contribution in [3.05, 3.63) is 71.3 Å². The number of nitrogens with zero attached hydrogens (tertiary/aromatic N) is 1. The minimum atomic E-state index is -4.43. The van der Waals surface area contributed by atoms with E-state index in [0.717, 1.165) is 22.0 Å². The SMILES string of the molecule is COc1ccc(CC[C@@H](OC(=O)C2CCCCN2S(=O)(=O)c2cc(OC)c(OC)c(C(=O)O)c2)c2cccc(OCC(=O)O)c2)cc1OC. The van der Waals surface area contributed by atoms with E-state index in [0.29, 0.717) is 36.3 Å². The van der Waals surface area contributed by atoms with Gasteiger partial charge < -0.3 is 38.6 Å². The van der Waals surface area contributed by atoms with Crippen LogP contribution < -0.4 is 23.7 Å². The first-order valence-corrected chi connectivity index (χ1v) is 16.7. The Balaban J connectivity index is 1.66. The van der Waals surface area contributed by atoms with Crippen LogP contribution >= 0.6 is 0 Å². The van der Waals surface area contributed by atoms with E-state index < -0.39 is 52.2 Å². The number of hydrogen-bond donors (Lipinski definition) is 2. The van der Waals surface area contributed by atoms with Gasteiger partial charge in [0.2, 0.25) is 10.0 Å². The molecule has 49 heavy (non-hydrogen) atoms. The predicted molar refractivity (Wildman–Crippen MR) is 174 cm³/mol. The molecular weight excluding hydrogens is 662 g/mol. The number of sulfonamides is 1. The van der Waals surface area contributed by atoms with E-state index in [4.69, 9.17) is 33.5 Å². The first-order valence-electron chi connectivity index (χ1n) is 15.3. The summed E-state index contributed by atoms with van der Waals surface area (Å²) in [4.78, 5) is 36.7. The zero-order valence-electron chi connectivity index (χ0n) is 27.5. The standard InChI is InChI=1S/C34H39NO13S/c1-43-28-14-12-21(16-29(28)44-2)11-13-27(22-8-7-9-23(17-22)47-20-31(36)37)48-34(40)26-10-5-6-15-35(26)49(41,42)24-18-25(33(38)39)32(46-4)30(19-24)45-3/h7-9,12,14,16-19,26-27H,5-6,10-11,13,15,20H2,1-4H3,(H,36,37)(H,38,39)/t26?,27-/m1/s1. The fourth-order valence-electron chi connectivity index (χ4n) is 5.61. The largest absolute Gasteiger partial charge is 0.493 e. The van der Waals surface area contributed by atoms with Crippen LogP contribution in [0.2, 0.25) is 0 Å². The third-order valence-corrected chi connectivity index (χ3v) is 9.89. The highest BCUT2D eigenvalue weighted by molar-refractivity contribution is 7.89. The molecule has 1 heterocycles. The van der Waals surface area contributed by atoms with Crippen LogP contribution in [0.25, 0.3) is 0 Å². The van der Waals surface area contributed by atoms with Gasteiger partial charge in [-0.2, -0.15) is 4.31 Å². The molecule has 14 nitrogen and oxygen atoms in total. The van der Waals surface area contributed by atoms with Gasteiger partial charge in [-0.05, 0) is 73.6 Å². The molecule has 0 amide bonds. The number of rotatable bonds is 16. The Kier molecular flexibility index (Phi) is 12.3. The quantitative estimate of drug-likeness (QED) is 0.201. The number of carboxylic acids is 2. The molecular formula is C34H39NO13S. The molecule has 264 valence electrons. The average molecular weight is 702 g/mol. The topological polar surface area (TPSA) is 184 Å². The summed E-state index contributed by atoms with van der Waals surface area (Å²) in [5.74, 6) is -2.32.